The van der Waals surface area contributed by atoms with E-state index in [-0.39, 0.29) is 12.1 Å². The van der Waals surface area contributed by atoms with Crippen LogP contribution in [-0.2, 0) is 6.54 Å². The van der Waals surface area contributed by atoms with E-state index in [4.69, 9.17) is 5.11 Å². The first-order chi connectivity index (χ1) is 9.11. The maximum atomic E-state index is 9.01. The second-order valence-corrected chi connectivity index (χ2v) is 6.37. The van der Waals surface area contributed by atoms with E-state index in [9.17, 15) is 0 Å². The predicted molar refractivity (Wildman–Crippen MR) is 82.4 cm³/mol. The van der Waals surface area contributed by atoms with Crippen LogP contribution in [0.4, 0.5) is 0 Å². The SMILES string of the molecule is CC(C)(CCO)NCc1cc(-c2ccccc2)cs1. The Bertz CT molecular complexity index is 504. The summed E-state index contributed by atoms with van der Waals surface area (Å²) in [5, 5.41) is 14.7. The molecule has 19 heavy (non-hydrogen) atoms. The van der Waals surface area contributed by atoms with Gasteiger partial charge in [-0.05, 0) is 42.8 Å². The minimum Gasteiger partial charge on any atom is -0.396 e. The van der Waals surface area contributed by atoms with Crippen LogP contribution in [0.25, 0.3) is 11.1 Å². The Morgan fingerprint density at radius 3 is 2.58 bits per heavy atom. The Hall–Kier alpha value is -1.16. The lowest BCUT2D eigenvalue weighted by Gasteiger charge is -2.25. The van der Waals surface area contributed by atoms with Crippen molar-refractivity contribution in [2.45, 2.75) is 32.4 Å². The number of hydrogen-bond donors (Lipinski definition) is 2. The number of benzene rings is 1. The molecule has 3 heteroatoms. The van der Waals surface area contributed by atoms with Crippen LogP contribution < -0.4 is 5.32 Å². The van der Waals surface area contributed by atoms with E-state index >= 15 is 0 Å². The van der Waals surface area contributed by atoms with E-state index in [1.54, 1.807) is 11.3 Å². The summed E-state index contributed by atoms with van der Waals surface area (Å²) in [5.74, 6) is 0. The third-order valence-electron chi connectivity index (χ3n) is 3.24. The number of nitrogens with one attached hydrogen (secondary N) is 1. The largest absolute Gasteiger partial charge is 0.396 e. The third-order valence-corrected chi connectivity index (χ3v) is 4.18. The normalized spacial score (nSPS) is 11.7. The lowest BCUT2D eigenvalue weighted by molar-refractivity contribution is 0.230. The predicted octanol–water partition coefficient (Wildman–Crippen LogP) is 3.67. The molecule has 1 heterocycles. The van der Waals surface area contributed by atoms with Crippen LogP contribution >= 0.6 is 11.3 Å². The van der Waals surface area contributed by atoms with Crippen LogP contribution in [0.2, 0.25) is 0 Å². The van der Waals surface area contributed by atoms with Gasteiger partial charge in [0.15, 0.2) is 0 Å². The van der Waals surface area contributed by atoms with Crippen molar-refractivity contribution in [1.29, 1.82) is 0 Å². The molecule has 0 unspecified atom stereocenters. The highest BCUT2D eigenvalue weighted by Gasteiger charge is 2.16. The molecule has 2 rings (SSSR count). The van der Waals surface area contributed by atoms with Gasteiger partial charge in [0, 0.05) is 23.6 Å². The van der Waals surface area contributed by atoms with Gasteiger partial charge in [0.2, 0.25) is 0 Å². The van der Waals surface area contributed by atoms with Gasteiger partial charge in [-0.25, -0.2) is 0 Å². The Labute approximate surface area is 119 Å². The molecular weight excluding hydrogens is 254 g/mol. The van der Waals surface area contributed by atoms with Crippen molar-refractivity contribution in [2.24, 2.45) is 0 Å². The van der Waals surface area contributed by atoms with Gasteiger partial charge in [0.1, 0.15) is 0 Å². The van der Waals surface area contributed by atoms with Crippen molar-refractivity contribution in [3.05, 3.63) is 46.7 Å². The van der Waals surface area contributed by atoms with Gasteiger partial charge in [-0.2, -0.15) is 0 Å². The lowest BCUT2D eigenvalue weighted by Crippen LogP contribution is -2.39. The first-order valence-corrected chi connectivity index (χ1v) is 7.47. The van der Waals surface area contributed by atoms with Gasteiger partial charge in [0.25, 0.3) is 0 Å². The number of hydrogen-bond acceptors (Lipinski definition) is 3. The van der Waals surface area contributed by atoms with Gasteiger partial charge in [0.05, 0.1) is 0 Å². The quantitative estimate of drug-likeness (QED) is 0.843. The Kier molecular flexibility index (Phi) is 4.75. The molecule has 0 radical (unpaired) electrons. The summed E-state index contributed by atoms with van der Waals surface area (Å²) in [6, 6.07) is 12.7. The van der Waals surface area contributed by atoms with Crippen molar-refractivity contribution in [3.8, 4) is 11.1 Å². The van der Waals surface area contributed by atoms with Gasteiger partial charge in [-0.1, -0.05) is 30.3 Å². The molecule has 0 aliphatic carbocycles. The molecule has 2 N–H and O–H groups in total. The second kappa shape index (κ2) is 6.33. The van der Waals surface area contributed by atoms with E-state index in [0.29, 0.717) is 0 Å². The van der Waals surface area contributed by atoms with Crippen molar-refractivity contribution < 1.29 is 5.11 Å². The minimum atomic E-state index is -0.0222. The van der Waals surface area contributed by atoms with Crippen LogP contribution in [-0.4, -0.2) is 17.3 Å². The average molecular weight is 275 g/mol. The summed E-state index contributed by atoms with van der Waals surface area (Å²) in [5.41, 5.74) is 2.52. The highest BCUT2D eigenvalue weighted by Crippen LogP contribution is 2.25. The van der Waals surface area contributed by atoms with Crippen molar-refractivity contribution in [3.63, 3.8) is 0 Å². The van der Waals surface area contributed by atoms with Gasteiger partial charge in [-0.3, -0.25) is 0 Å². The summed E-state index contributed by atoms with van der Waals surface area (Å²) in [4.78, 5) is 1.32. The average Bonchev–Trinajstić information content (AvgIpc) is 2.86. The molecule has 0 atom stereocenters. The molecule has 0 saturated heterocycles. The fourth-order valence-corrected chi connectivity index (χ4v) is 2.78. The fourth-order valence-electron chi connectivity index (χ4n) is 1.95. The van der Waals surface area contributed by atoms with E-state index in [2.05, 4.69) is 54.9 Å². The summed E-state index contributed by atoms with van der Waals surface area (Å²) in [7, 11) is 0. The van der Waals surface area contributed by atoms with Crippen LogP contribution in [0.15, 0.2) is 41.8 Å². The first-order valence-electron chi connectivity index (χ1n) is 6.59. The zero-order chi connectivity index (χ0) is 13.7. The van der Waals surface area contributed by atoms with E-state index in [1.165, 1.54) is 16.0 Å². The van der Waals surface area contributed by atoms with Gasteiger partial charge >= 0.3 is 0 Å². The summed E-state index contributed by atoms with van der Waals surface area (Å²) in [6.07, 6.45) is 0.768. The number of thiophene rings is 1. The molecule has 0 fully saturated rings. The summed E-state index contributed by atoms with van der Waals surface area (Å²) < 4.78 is 0. The summed E-state index contributed by atoms with van der Waals surface area (Å²) in [6.45, 7) is 5.31. The number of aliphatic hydroxyl groups is 1. The van der Waals surface area contributed by atoms with Crippen LogP contribution in [0, 0.1) is 0 Å². The van der Waals surface area contributed by atoms with Gasteiger partial charge < -0.3 is 10.4 Å². The summed E-state index contributed by atoms with van der Waals surface area (Å²) >= 11 is 1.78. The molecule has 2 aromatic rings. The van der Waals surface area contributed by atoms with E-state index in [1.807, 2.05) is 6.07 Å². The first kappa shape index (κ1) is 14.3. The van der Waals surface area contributed by atoms with Crippen molar-refractivity contribution in [1.82, 2.24) is 5.32 Å². The zero-order valence-electron chi connectivity index (χ0n) is 11.5. The highest BCUT2D eigenvalue weighted by molar-refractivity contribution is 7.10. The Morgan fingerprint density at radius 1 is 1.16 bits per heavy atom. The topological polar surface area (TPSA) is 32.3 Å². The number of rotatable bonds is 6. The minimum absolute atomic E-state index is 0.0222. The molecule has 0 aliphatic heterocycles. The fraction of sp³-hybridized carbons (Fsp3) is 0.375. The van der Waals surface area contributed by atoms with Crippen LogP contribution in [0.5, 0.6) is 0 Å². The molecule has 102 valence electrons. The molecule has 1 aromatic carbocycles. The molecule has 2 nitrogen and oxygen atoms in total. The zero-order valence-corrected chi connectivity index (χ0v) is 12.3. The maximum Gasteiger partial charge on any atom is 0.0448 e. The lowest BCUT2D eigenvalue weighted by atomic mass is 10.0. The monoisotopic (exact) mass is 275 g/mol. The molecule has 0 amide bonds. The second-order valence-electron chi connectivity index (χ2n) is 5.38. The number of aliphatic hydroxyl groups excluding tert-OH is 1. The van der Waals surface area contributed by atoms with Gasteiger partial charge in [-0.15, -0.1) is 11.3 Å². The maximum absolute atomic E-state index is 9.01. The molecule has 0 spiro atoms. The van der Waals surface area contributed by atoms with E-state index < -0.39 is 0 Å². The third kappa shape index (κ3) is 4.16. The van der Waals surface area contributed by atoms with Crippen LogP contribution in [0.1, 0.15) is 25.1 Å². The standard InChI is InChI=1S/C16H21NOS/c1-16(2,8-9-18)17-11-15-10-14(12-19-15)13-6-4-3-5-7-13/h3-7,10,12,17-18H,8-9,11H2,1-2H3. The molecule has 0 bridgehead atoms. The van der Waals surface area contributed by atoms with Crippen molar-refractivity contribution >= 4 is 11.3 Å². The molecule has 1 aromatic heterocycles. The molecule has 0 aliphatic rings. The highest BCUT2D eigenvalue weighted by atomic mass is 32.1. The smallest absolute Gasteiger partial charge is 0.0448 e. The molecular formula is C16H21NOS. The van der Waals surface area contributed by atoms with Crippen LogP contribution in [0.3, 0.4) is 0 Å². The Morgan fingerprint density at radius 2 is 1.89 bits per heavy atom. The molecule has 0 saturated carbocycles. The Balaban J connectivity index is 1.99. The van der Waals surface area contributed by atoms with E-state index in [0.717, 1.165) is 13.0 Å². The van der Waals surface area contributed by atoms with Crippen molar-refractivity contribution in [2.75, 3.05) is 6.61 Å².